The molecule has 2 heterocycles. The molecule has 1 aromatic carbocycles. The summed E-state index contributed by atoms with van der Waals surface area (Å²) in [5.41, 5.74) is 0.140. The summed E-state index contributed by atoms with van der Waals surface area (Å²) in [6.45, 7) is 0. The Morgan fingerprint density at radius 2 is 2.11 bits per heavy atom. The maximum atomic E-state index is 13.5. The molecule has 0 fully saturated rings. The average molecular weight is 276 g/mol. The van der Waals surface area contributed by atoms with Crippen molar-refractivity contribution >= 4 is 28.4 Å². The van der Waals surface area contributed by atoms with Crippen LogP contribution in [0.2, 0.25) is 5.02 Å². The Hall–Kier alpha value is -2.20. The van der Waals surface area contributed by atoms with Gasteiger partial charge in [-0.3, -0.25) is 9.78 Å². The second-order valence-corrected chi connectivity index (χ2v) is 4.34. The highest BCUT2D eigenvalue weighted by Gasteiger charge is 2.19. The van der Waals surface area contributed by atoms with Crippen LogP contribution < -0.4 is 0 Å². The fourth-order valence-electron chi connectivity index (χ4n) is 1.81. The lowest BCUT2D eigenvalue weighted by Crippen LogP contribution is -2.03. The number of aromatic nitrogens is 1. The largest absolute Gasteiger partial charge is 0.449 e. The van der Waals surface area contributed by atoms with Crippen molar-refractivity contribution in [2.45, 2.75) is 0 Å². The molecule has 0 saturated heterocycles. The third-order valence-corrected chi connectivity index (χ3v) is 3.00. The smallest absolute Gasteiger partial charge is 0.248 e. The van der Waals surface area contributed by atoms with Gasteiger partial charge in [0.25, 0.3) is 0 Å². The fraction of sp³-hybridized carbons (Fsp3) is 0. The molecule has 0 aliphatic rings. The van der Waals surface area contributed by atoms with Gasteiger partial charge in [0.2, 0.25) is 5.78 Å². The lowest BCUT2D eigenvalue weighted by molar-refractivity contribution is 0.101. The standard InChI is InChI=1S/C14H7ClFNO2/c15-9-4-2-6-17-12(9)13(18)11-7-8-3-1-5-10(16)14(8)19-11/h1-7H. The van der Waals surface area contributed by atoms with Gasteiger partial charge in [0.15, 0.2) is 17.2 Å². The number of hydrogen-bond donors (Lipinski definition) is 0. The topological polar surface area (TPSA) is 43.1 Å². The second-order valence-electron chi connectivity index (χ2n) is 3.93. The average Bonchev–Trinajstić information content (AvgIpc) is 2.84. The Morgan fingerprint density at radius 3 is 2.84 bits per heavy atom. The van der Waals surface area contributed by atoms with Gasteiger partial charge in [-0.15, -0.1) is 0 Å². The fourth-order valence-corrected chi connectivity index (χ4v) is 2.02. The first-order valence-corrected chi connectivity index (χ1v) is 5.88. The number of carbonyl (C=O) groups excluding carboxylic acids is 1. The molecule has 0 unspecified atom stereocenters. The number of furan rings is 1. The third kappa shape index (κ3) is 2.00. The van der Waals surface area contributed by atoms with Crippen LogP contribution in [0.1, 0.15) is 16.2 Å². The number of fused-ring (bicyclic) bond motifs is 1. The lowest BCUT2D eigenvalue weighted by Gasteiger charge is -1.98. The van der Waals surface area contributed by atoms with Crippen molar-refractivity contribution in [2.24, 2.45) is 0 Å². The molecule has 0 aliphatic carbocycles. The van der Waals surface area contributed by atoms with Crippen molar-refractivity contribution in [3.8, 4) is 0 Å². The van der Waals surface area contributed by atoms with E-state index in [1.54, 1.807) is 24.3 Å². The number of para-hydroxylation sites is 1. The molecule has 0 aliphatic heterocycles. The van der Waals surface area contributed by atoms with Crippen LogP contribution in [0.25, 0.3) is 11.0 Å². The molecule has 0 spiro atoms. The summed E-state index contributed by atoms with van der Waals surface area (Å²) >= 11 is 5.90. The Balaban J connectivity index is 2.12. The first-order chi connectivity index (χ1) is 9.16. The summed E-state index contributed by atoms with van der Waals surface area (Å²) in [5.74, 6) is -0.967. The Kier molecular flexibility index (Phi) is 2.80. The molecule has 19 heavy (non-hydrogen) atoms. The van der Waals surface area contributed by atoms with Crippen LogP contribution in [0.15, 0.2) is 47.0 Å². The van der Waals surface area contributed by atoms with Gasteiger partial charge in [-0.2, -0.15) is 0 Å². The summed E-state index contributed by atoms with van der Waals surface area (Å²) in [5, 5.41) is 0.754. The van der Waals surface area contributed by atoms with E-state index in [-0.39, 0.29) is 22.1 Å². The molecule has 94 valence electrons. The molecule has 3 nitrogen and oxygen atoms in total. The predicted octanol–water partition coefficient (Wildman–Crippen LogP) is 3.85. The Morgan fingerprint density at radius 1 is 1.26 bits per heavy atom. The number of pyridine rings is 1. The third-order valence-electron chi connectivity index (χ3n) is 2.69. The molecule has 5 heteroatoms. The van der Waals surface area contributed by atoms with E-state index in [1.807, 2.05) is 0 Å². The molecule has 0 bridgehead atoms. The van der Waals surface area contributed by atoms with E-state index >= 15 is 0 Å². The van der Waals surface area contributed by atoms with Gasteiger partial charge in [-0.1, -0.05) is 23.7 Å². The zero-order valence-corrected chi connectivity index (χ0v) is 10.3. The number of benzene rings is 1. The molecule has 0 saturated carbocycles. The van der Waals surface area contributed by atoms with Gasteiger partial charge >= 0.3 is 0 Å². The zero-order valence-electron chi connectivity index (χ0n) is 9.56. The minimum absolute atomic E-state index is 0.0145. The van der Waals surface area contributed by atoms with Gasteiger partial charge < -0.3 is 4.42 Å². The predicted molar refractivity (Wildman–Crippen MR) is 68.9 cm³/mol. The molecule has 0 radical (unpaired) electrons. The van der Waals surface area contributed by atoms with E-state index in [1.165, 1.54) is 18.3 Å². The molecule has 3 rings (SSSR count). The maximum absolute atomic E-state index is 13.5. The number of nitrogens with zero attached hydrogens (tertiary/aromatic N) is 1. The van der Waals surface area contributed by atoms with Crippen molar-refractivity contribution in [1.29, 1.82) is 0 Å². The van der Waals surface area contributed by atoms with E-state index < -0.39 is 11.6 Å². The second kappa shape index (κ2) is 4.48. The van der Waals surface area contributed by atoms with E-state index in [0.29, 0.717) is 5.39 Å². The minimum atomic E-state index is -0.510. The summed E-state index contributed by atoms with van der Waals surface area (Å²) in [4.78, 5) is 16.1. The van der Waals surface area contributed by atoms with E-state index in [4.69, 9.17) is 16.0 Å². The van der Waals surface area contributed by atoms with Crippen molar-refractivity contribution in [3.63, 3.8) is 0 Å². The number of ketones is 1. The van der Waals surface area contributed by atoms with Gasteiger partial charge in [0.1, 0.15) is 5.69 Å². The van der Waals surface area contributed by atoms with Crippen LogP contribution in [-0.4, -0.2) is 10.8 Å². The molecular weight excluding hydrogens is 269 g/mol. The molecule has 3 aromatic rings. The van der Waals surface area contributed by atoms with Crippen LogP contribution in [0.3, 0.4) is 0 Å². The highest BCUT2D eigenvalue weighted by atomic mass is 35.5. The zero-order chi connectivity index (χ0) is 13.4. The van der Waals surface area contributed by atoms with Crippen LogP contribution >= 0.6 is 11.6 Å². The Labute approximate surface area is 112 Å². The van der Waals surface area contributed by atoms with Crippen molar-refractivity contribution in [3.05, 3.63) is 64.9 Å². The van der Waals surface area contributed by atoms with Gasteiger partial charge in [-0.05, 0) is 24.3 Å². The highest BCUT2D eigenvalue weighted by molar-refractivity contribution is 6.34. The van der Waals surface area contributed by atoms with E-state index in [2.05, 4.69) is 4.98 Å². The molecule has 0 N–H and O–H groups in total. The molecule has 0 amide bonds. The SMILES string of the molecule is O=C(c1cc2cccc(F)c2o1)c1ncccc1Cl. The molecule has 0 atom stereocenters. The number of carbonyl (C=O) groups is 1. The van der Waals surface area contributed by atoms with Gasteiger partial charge in [0.05, 0.1) is 5.02 Å². The van der Waals surface area contributed by atoms with Gasteiger partial charge in [-0.25, -0.2) is 4.39 Å². The molecular formula is C14H7ClFNO2. The van der Waals surface area contributed by atoms with Crippen molar-refractivity contribution in [2.75, 3.05) is 0 Å². The Bertz CT molecular complexity index is 782. The first-order valence-electron chi connectivity index (χ1n) is 5.50. The van der Waals surface area contributed by atoms with Crippen LogP contribution in [0, 0.1) is 5.82 Å². The highest BCUT2D eigenvalue weighted by Crippen LogP contribution is 2.25. The summed E-state index contributed by atoms with van der Waals surface area (Å²) in [6, 6.07) is 9.15. The van der Waals surface area contributed by atoms with Crippen molar-refractivity contribution in [1.82, 2.24) is 4.98 Å². The van der Waals surface area contributed by atoms with Crippen LogP contribution in [0.4, 0.5) is 4.39 Å². The summed E-state index contributed by atoms with van der Waals surface area (Å²) < 4.78 is 18.7. The summed E-state index contributed by atoms with van der Waals surface area (Å²) in [7, 11) is 0. The minimum Gasteiger partial charge on any atom is -0.449 e. The monoisotopic (exact) mass is 275 g/mol. The van der Waals surface area contributed by atoms with E-state index in [9.17, 15) is 9.18 Å². The van der Waals surface area contributed by atoms with E-state index in [0.717, 1.165) is 0 Å². The first kappa shape index (κ1) is 11.9. The summed E-state index contributed by atoms with van der Waals surface area (Å²) in [6.07, 6.45) is 1.46. The number of rotatable bonds is 2. The van der Waals surface area contributed by atoms with Gasteiger partial charge in [0, 0.05) is 11.6 Å². The maximum Gasteiger partial charge on any atom is 0.248 e. The molecule has 2 aromatic heterocycles. The number of hydrogen-bond acceptors (Lipinski definition) is 3. The normalized spacial score (nSPS) is 10.8. The lowest BCUT2D eigenvalue weighted by atomic mass is 10.2. The number of halogens is 2. The van der Waals surface area contributed by atoms with Crippen LogP contribution in [0.5, 0.6) is 0 Å². The van der Waals surface area contributed by atoms with Crippen LogP contribution in [-0.2, 0) is 0 Å². The quantitative estimate of drug-likeness (QED) is 0.667. The van der Waals surface area contributed by atoms with Crippen molar-refractivity contribution < 1.29 is 13.6 Å².